The molecule has 0 aliphatic rings. The van der Waals surface area contributed by atoms with Gasteiger partial charge < -0.3 is 0 Å². The van der Waals surface area contributed by atoms with Crippen molar-refractivity contribution in [1.29, 1.82) is 0 Å². The summed E-state index contributed by atoms with van der Waals surface area (Å²) in [5, 5.41) is 0. The second-order valence-corrected chi connectivity index (χ2v) is 2.86. The Morgan fingerprint density at radius 2 is 1.60 bits per heavy atom. The molecule has 0 nitrogen and oxygen atoms in total. The first-order valence-electron chi connectivity index (χ1n) is 1.56. The molecule has 0 aromatic rings. The van der Waals surface area contributed by atoms with Crippen LogP contribution in [-0.2, 0) is 0 Å². The monoisotopic (exact) mass is 88.0 g/mol. The molecule has 0 aliphatic heterocycles. The Bertz CT molecular complexity index is 19.1. The summed E-state index contributed by atoms with van der Waals surface area (Å²) in [4.78, 5) is 0. The van der Waals surface area contributed by atoms with Crippen molar-refractivity contribution < 1.29 is 0 Å². The number of hydrogen-bond donors (Lipinski definition) is 0. The van der Waals surface area contributed by atoms with Crippen LogP contribution in [0.15, 0.2) is 0 Å². The smallest absolute Gasteiger partial charge is 0.0208 e. The molecule has 0 aromatic carbocycles. The zero-order chi connectivity index (χ0) is 4.50. The maximum Gasteiger partial charge on any atom is 0.0208 e. The summed E-state index contributed by atoms with van der Waals surface area (Å²) in [5.41, 5.74) is 0. The summed E-state index contributed by atoms with van der Waals surface area (Å²) in [5.74, 6) is 0. The standard InChI is InChI=1S/C4H8S/c1-4(2,3)5/h1H2,2-3H3. The third-order valence-electron chi connectivity index (χ3n) is 0. The molecule has 0 heterocycles. The lowest BCUT2D eigenvalue weighted by Gasteiger charge is -2.02. The van der Waals surface area contributed by atoms with E-state index in [4.69, 9.17) is 12.6 Å². The third-order valence-corrected chi connectivity index (χ3v) is 0. The minimum Gasteiger partial charge on any atom is -0.0873 e. The van der Waals surface area contributed by atoms with E-state index in [-0.39, 0.29) is 4.75 Å². The number of hydrogen-bond acceptors (Lipinski definition) is 0. The minimum atomic E-state index is -0.167. The van der Waals surface area contributed by atoms with Gasteiger partial charge in [0.15, 0.2) is 0 Å². The quantitative estimate of drug-likeness (QED) is 0.423. The van der Waals surface area contributed by atoms with Gasteiger partial charge in [0.2, 0.25) is 0 Å². The van der Waals surface area contributed by atoms with Crippen molar-refractivity contribution in [1.82, 2.24) is 0 Å². The molecule has 0 bridgehead atoms. The van der Waals surface area contributed by atoms with Gasteiger partial charge in [0, 0.05) is 4.75 Å². The highest BCUT2D eigenvalue weighted by Crippen LogP contribution is 2.06. The highest BCUT2D eigenvalue weighted by molar-refractivity contribution is 7.81. The molecule has 0 aromatic heterocycles. The normalized spacial score (nSPS) is 12.0. The van der Waals surface area contributed by atoms with Crippen LogP contribution in [0.2, 0.25) is 0 Å². The fraction of sp³-hybridized carbons (Fsp3) is 0.750. The Balaban J connectivity index is 3.02. The highest BCUT2D eigenvalue weighted by atomic mass is 32.1. The second-order valence-electron chi connectivity index (χ2n) is 1.76. The summed E-state index contributed by atoms with van der Waals surface area (Å²) in [6, 6.07) is 0. The van der Waals surface area contributed by atoms with Gasteiger partial charge in [-0.1, -0.05) is 12.6 Å². The summed E-state index contributed by atoms with van der Waals surface area (Å²) in [6.07, 6.45) is 0. The molecule has 5 heavy (non-hydrogen) atoms. The van der Waals surface area contributed by atoms with E-state index < -0.39 is 0 Å². The summed E-state index contributed by atoms with van der Waals surface area (Å²) < 4.78 is -0.167. The molecule has 0 fully saturated rings. The minimum absolute atomic E-state index is 0.167. The van der Waals surface area contributed by atoms with Crippen molar-refractivity contribution >= 4 is 12.6 Å². The molecule has 0 aliphatic carbocycles. The van der Waals surface area contributed by atoms with Gasteiger partial charge in [-0.25, -0.2) is 0 Å². The topological polar surface area (TPSA) is 0 Å². The molecule has 30 valence electrons. The molecular weight excluding hydrogens is 80.1 g/mol. The second kappa shape index (κ2) is 1.21. The predicted molar refractivity (Wildman–Crippen MR) is 27.0 cm³/mol. The van der Waals surface area contributed by atoms with Gasteiger partial charge in [-0.3, -0.25) is 0 Å². The zero-order valence-corrected chi connectivity index (χ0v) is 4.43. The Morgan fingerprint density at radius 3 is 1.60 bits per heavy atom. The molecule has 0 rings (SSSR count). The zero-order valence-electron chi connectivity index (χ0n) is 3.62. The van der Waals surface area contributed by atoms with Gasteiger partial charge in [-0.2, -0.15) is 0 Å². The highest BCUT2D eigenvalue weighted by Gasteiger charge is 1.98. The van der Waals surface area contributed by atoms with Crippen molar-refractivity contribution in [3.05, 3.63) is 6.92 Å². The molecule has 2 radical (unpaired) electrons. The van der Waals surface area contributed by atoms with Crippen LogP contribution in [0.3, 0.4) is 0 Å². The van der Waals surface area contributed by atoms with Gasteiger partial charge in [0.05, 0.1) is 0 Å². The largest absolute Gasteiger partial charge is 0.0873 e. The van der Waals surface area contributed by atoms with Crippen LogP contribution in [-0.4, -0.2) is 4.75 Å². The number of rotatable bonds is 0. The van der Waals surface area contributed by atoms with E-state index >= 15 is 0 Å². The lowest BCUT2D eigenvalue weighted by molar-refractivity contribution is 0.905. The first kappa shape index (κ1) is 5.35. The van der Waals surface area contributed by atoms with Crippen molar-refractivity contribution in [3.63, 3.8) is 0 Å². The summed E-state index contributed by atoms with van der Waals surface area (Å²) >= 11 is 4.72. The van der Waals surface area contributed by atoms with Gasteiger partial charge in [0.1, 0.15) is 0 Å². The Morgan fingerprint density at radius 1 is 1.60 bits per heavy atom. The lowest BCUT2D eigenvalue weighted by Crippen LogP contribution is -2.00. The fourth-order valence-electron chi connectivity index (χ4n) is 0. The Kier molecular flexibility index (Phi) is 1.30. The SMILES string of the molecule is [CH2]C(C)(C)[S]. The molecule has 0 saturated carbocycles. The van der Waals surface area contributed by atoms with E-state index in [0.29, 0.717) is 0 Å². The molecule has 0 amide bonds. The predicted octanol–water partition coefficient (Wildman–Crippen LogP) is 1.80. The molecule has 0 atom stereocenters. The molecule has 1 heteroatoms. The maximum absolute atomic E-state index is 4.72. The Labute approximate surface area is 39.0 Å². The first-order valence-corrected chi connectivity index (χ1v) is 1.97. The van der Waals surface area contributed by atoms with Crippen LogP contribution in [0, 0.1) is 6.92 Å². The van der Waals surface area contributed by atoms with Crippen molar-refractivity contribution in [2.24, 2.45) is 0 Å². The molecule has 0 N–H and O–H groups in total. The van der Waals surface area contributed by atoms with Crippen molar-refractivity contribution in [2.45, 2.75) is 18.6 Å². The van der Waals surface area contributed by atoms with E-state index in [1.165, 1.54) is 0 Å². The third kappa shape index (κ3) is 196. The molecule has 0 unspecified atom stereocenters. The van der Waals surface area contributed by atoms with Crippen LogP contribution in [0.1, 0.15) is 13.8 Å². The van der Waals surface area contributed by atoms with Crippen molar-refractivity contribution in [3.8, 4) is 0 Å². The van der Waals surface area contributed by atoms with Gasteiger partial charge in [0.25, 0.3) is 0 Å². The summed E-state index contributed by atoms with van der Waals surface area (Å²) in [6.45, 7) is 7.37. The van der Waals surface area contributed by atoms with E-state index in [1.54, 1.807) is 0 Å². The van der Waals surface area contributed by atoms with Crippen LogP contribution in [0.4, 0.5) is 0 Å². The average Bonchev–Trinajstić information content (AvgIpc) is 0.722. The first-order chi connectivity index (χ1) is 2.00. The van der Waals surface area contributed by atoms with Gasteiger partial charge in [-0.05, 0) is 20.8 Å². The van der Waals surface area contributed by atoms with Crippen LogP contribution in [0.5, 0.6) is 0 Å². The summed E-state index contributed by atoms with van der Waals surface area (Å²) in [7, 11) is 0. The van der Waals surface area contributed by atoms with Gasteiger partial charge >= 0.3 is 0 Å². The van der Waals surface area contributed by atoms with E-state index in [0.717, 1.165) is 0 Å². The lowest BCUT2D eigenvalue weighted by atomic mass is 10.3. The molecular formula is C4H8S. The van der Waals surface area contributed by atoms with E-state index in [1.807, 2.05) is 13.8 Å². The molecule has 0 saturated heterocycles. The van der Waals surface area contributed by atoms with Crippen LogP contribution >= 0.6 is 12.6 Å². The molecule has 0 spiro atoms. The van der Waals surface area contributed by atoms with Gasteiger partial charge in [-0.15, -0.1) is 0 Å². The van der Waals surface area contributed by atoms with Crippen LogP contribution < -0.4 is 0 Å². The maximum atomic E-state index is 4.72. The van der Waals surface area contributed by atoms with Crippen molar-refractivity contribution in [2.75, 3.05) is 0 Å². The van der Waals surface area contributed by atoms with Crippen LogP contribution in [0.25, 0.3) is 0 Å². The van der Waals surface area contributed by atoms with E-state index in [9.17, 15) is 0 Å². The average molecular weight is 88.2 g/mol. The van der Waals surface area contributed by atoms with E-state index in [2.05, 4.69) is 6.92 Å². The Hall–Kier alpha value is 0.350. The fourth-order valence-corrected chi connectivity index (χ4v) is 0.